The van der Waals surface area contributed by atoms with Crippen LogP contribution in [0.2, 0.25) is 5.02 Å². The van der Waals surface area contributed by atoms with Gasteiger partial charge in [0.1, 0.15) is 5.56 Å². The van der Waals surface area contributed by atoms with E-state index in [9.17, 15) is 9.90 Å². The molecule has 0 spiro atoms. The minimum Gasteiger partial charge on any atom is -0.390 e. The van der Waals surface area contributed by atoms with Crippen LogP contribution >= 0.6 is 11.6 Å². The molecule has 1 amide bonds. The van der Waals surface area contributed by atoms with Gasteiger partial charge < -0.3 is 10.4 Å². The van der Waals surface area contributed by atoms with Gasteiger partial charge in [-0.05, 0) is 62.7 Å². The Morgan fingerprint density at radius 1 is 1.18 bits per heavy atom. The van der Waals surface area contributed by atoms with E-state index in [1.54, 1.807) is 23.3 Å². The Balaban J connectivity index is 1.30. The number of amides is 1. The normalized spacial score (nSPS) is 36.1. The van der Waals surface area contributed by atoms with Crippen LogP contribution in [-0.2, 0) is 0 Å². The molecule has 3 unspecified atom stereocenters. The average molecular weight is 402 g/mol. The summed E-state index contributed by atoms with van der Waals surface area (Å²) in [5.74, 6) is 1.96. The van der Waals surface area contributed by atoms with Gasteiger partial charge in [0.25, 0.3) is 5.91 Å². The first-order valence-electron chi connectivity index (χ1n) is 10.3. The molecule has 5 fully saturated rings. The Morgan fingerprint density at radius 2 is 1.93 bits per heavy atom. The molecule has 0 aliphatic heterocycles. The molecule has 0 aromatic carbocycles. The first kappa shape index (κ1) is 17.0. The monoisotopic (exact) mass is 401 g/mol. The van der Waals surface area contributed by atoms with Crippen LogP contribution < -0.4 is 5.32 Å². The van der Waals surface area contributed by atoms with Gasteiger partial charge in [0, 0.05) is 6.04 Å². The lowest BCUT2D eigenvalue weighted by Gasteiger charge is -2.58. The fourth-order valence-corrected chi connectivity index (χ4v) is 6.33. The van der Waals surface area contributed by atoms with E-state index < -0.39 is 5.60 Å². The van der Waals surface area contributed by atoms with Crippen molar-refractivity contribution < 1.29 is 9.90 Å². The zero-order chi connectivity index (χ0) is 19.0. The molecular formula is C20H24ClN5O2. The fraction of sp³-hybridized carbons (Fsp3) is 0.650. The maximum absolute atomic E-state index is 13.3. The number of aliphatic hydroxyl groups is 1. The van der Waals surface area contributed by atoms with Crippen molar-refractivity contribution in [3.05, 3.63) is 29.2 Å². The number of nitrogens with zero attached hydrogens (tertiary/aromatic N) is 4. The molecule has 7 rings (SSSR count). The summed E-state index contributed by atoms with van der Waals surface area (Å²) in [6.45, 7) is 0. The molecule has 2 N–H and O–H groups in total. The van der Waals surface area contributed by atoms with Gasteiger partial charge in [-0.1, -0.05) is 11.6 Å². The lowest BCUT2D eigenvalue weighted by Crippen LogP contribution is -2.61. The molecule has 148 valence electrons. The molecule has 2 heterocycles. The third-order valence-corrected chi connectivity index (χ3v) is 7.41. The molecule has 0 radical (unpaired) electrons. The Labute approximate surface area is 168 Å². The van der Waals surface area contributed by atoms with Crippen molar-refractivity contribution in [3.8, 4) is 5.82 Å². The first-order chi connectivity index (χ1) is 13.5. The molecule has 5 aliphatic carbocycles. The summed E-state index contributed by atoms with van der Waals surface area (Å²) in [6.07, 6.45) is 11.9. The number of hydrogen-bond donors (Lipinski definition) is 2. The van der Waals surface area contributed by atoms with Crippen molar-refractivity contribution in [1.29, 1.82) is 0 Å². The van der Waals surface area contributed by atoms with E-state index in [0.717, 1.165) is 44.9 Å². The first-order valence-corrected chi connectivity index (χ1v) is 10.7. The topological polar surface area (TPSA) is 85.0 Å². The molecule has 5 atom stereocenters. The molecular weight excluding hydrogens is 378 g/mol. The molecule has 5 aliphatic rings. The van der Waals surface area contributed by atoms with Gasteiger partial charge in [-0.25, -0.2) is 9.36 Å². The zero-order valence-electron chi connectivity index (χ0n) is 15.6. The van der Waals surface area contributed by atoms with Crippen LogP contribution in [0.4, 0.5) is 0 Å². The second kappa shape index (κ2) is 5.83. The number of carbonyl (C=O) groups excluding carboxylic acids is 1. The number of rotatable bonds is 4. The van der Waals surface area contributed by atoms with Crippen molar-refractivity contribution in [2.45, 2.75) is 62.6 Å². The van der Waals surface area contributed by atoms with Crippen LogP contribution in [0, 0.1) is 17.8 Å². The molecule has 28 heavy (non-hydrogen) atoms. The summed E-state index contributed by atoms with van der Waals surface area (Å²) >= 11 is 6.07. The van der Waals surface area contributed by atoms with E-state index in [0.29, 0.717) is 40.2 Å². The van der Waals surface area contributed by atoms with Crippen LogP contribution in [0.5, 0.6) is 0 Å². The lowest BCUT2D eigenvalue weighted by molar-refractivity contribution is -0.136. The maximum atomic E-state index is 13.3. The number of halogens is 1. The van der Waals surface area contributed by atoms with E-state index in [1.165, 1.54) is 0 Å². The van der Waals surface area contributed by atoms with Gasteiger partial charge >= 0.3 is 0 Å². The summed E-state index contributed by atoms with van der Waals surface area (Å²) in [7, 11) is 0. The minimum atomic E-state index is -0.494. The highest BCUT2D eigenvalue weighted by Crippen LogP contribution is 2.55. The summed E-state index contributed by atoms with van der Waals surface area (Å²) in [5, 5.41) is 23.4. The largest absolute Gasteiger partial charge is 0.390 e. The van der Waals surface area contributed by atoms with Crippen LogP contribution in [0.25, 0.3) is 5.82 Å². The summed E-state index contributed by atoms with van der Waals surface area (Å²) in [4.78, 5) is 13.3. The van der Waals surface area contributed by atoms with E-state index >= 15 is 0 Å². The Morgan fingerprint density at radius 3 is 2.54 bits per heavy atom. The quantitative estimate of drug-likeness (QED) is 0.824. The highest BCUT2D eigenvalue weighted by molar-refractivity contribution is 6.30. The summed E-state index contributed by atoms with van der Waals surface area (Å²) in [6, 6.07) is 0.470. The summed E-state index contributed by atoms with van der Waals surface area (Å²) < 4.78 is 3.56. The molecule has 0 saturated heterocycles. The van der Waals surface area contributed by atoms with Crippen LogP contribution in [0.1, 0.15) is 61.3 Å². The van der Waals surface area contributed by atoms with E-state index in [4.69, 9.17) is 11.6 Å². The fourth-order valence-electron chi connectivity index (χ4n) is 6.19. The van der Waals surface area contributed by atoms with Crippen molar-refractivity contribution in [2.24, 2.45) is 17.8 Å². The van der Waals surface area contributed by atoms with Gasteiger partial charge in [0.15, 0.2) is 5.82 Å². The maximum Gasteiger partial charge on any atom is 0.256 e. The Bertz CT molecular complexity index is 932. The van der Waals surface area contributed by atoms with Gasteiger partial charge in [-0.15, -0.1) is 0 Å². The van der Waals surface area contributed by atoms with Gasteiger partial charge in [-0.2, -0.15) is 10.2 Å². The zero-order valence-corrected chi connectivity index (χ0v) is 16.3. The van der Waals surface area contributed by atoms with E-state index in [1.807, 2.05) is 4.68 Å². The lowest BCUT2D eigenvalue weighted by atomic mass is 9.52. The molecule has 7 nitrogen and oxygen atoms in total. The Kier molecular flexibility index (Phi) is 3.55. The van der Waals surface area contributed by atoms with Gasteiger partial charge in [-0.3, -0.25) is 4.79 Å². The van der Waals surface area contributed by atoms with Gasteiger partial charge in [0.05, 0.1) is 35.3 Å². The third-order valence-electron chi connectivity index (χ3n) is 7.21. The molecule has 8 heteroatoms. The highest BCUT2D eigenvalue weighted by atomic mass is 35.5. The SMILES string of the molecule is O=C(NC1[C@@H]2CC3C[C@H]1CC(O)(C3)C2)c1cnn(C2CC2)c1-n1cc(Cl)cn1. The third kappa shape index (κ3) is 2.63. The van der Waals surface area contributed by atoms with Gasteiger partial charge in [0.2, 0.25) is 0 Å². The predicted molar refractivity (Wildman–Crippen MR) is 102 cm³/mol. The summed E-state index contributed by atoms with van der Waals surface area (Å²) in [5.41, 5.74) is 0.0464. The second-order valence-corrected chi connectivity index (χ2v) is 9.79. The van der Waals surface area contributed by atoms with Crippen LogP contribution in [-0.4, -0.2) is 42.2 Å². The van der Waals surface area contributed by atoms with E-state index in [2.05, 4.69) is 15.5 Å². The van der Waals surface area contributed by atoms with Crippen molar-refractivity contribution >= 4 is 17.5 Å². The molecule has 2 aromatic rings. The number of carbonyl (C=O) groups is 1. The van der Waals surface area contributed by atoms with Crippen molar-refractivity contribution in [2.75, 3.05) is 0 Å². The Hall–Kier alpha value is -1.86. The number of aromatic nitrogens is 4. The number of nitrogens with one attached hydrogen (secondary N) is 1. The van der Waals surface area contributed by atoms with Crippen LogP contribution in [0.3, 0.4) is 0 Å². The standard InChI is InChI=1S/C20H24ClN5O2/c21-14-8-22-25(10-14)19-16(9-23-26(19)15-1-2-15)18(27)24-17-12-3-11-4-13(17)7-20(28,5-11)6-12/h8-13,15,17,28H,1-7H2,(H,24,27)/t11?,12-,13+,17?,20?. The van der Waals surface area contributed by atoms with Crippen molar-refractivity contribution in [1.82, 2.24) is 24.9 Å². The van der Waals surface area contributed by atoms with Crippen molar-refractivity contribution in [3.63, 3.8) is 0 Å². The minimum absolute atomic E-state index is 0.0991. The second-order valence-electron chi connectivity index (χ2n) is 9.35. The molecule has 2 aromatic heterocycles. The highest BCUT2D eigenvalue weighted by Gasteiger charge is 2.55. The number of hydrogen-bond acceptors (Lipinski definition) is 4. The smallest absolute Gasteiger partial charge is 0.256 e. The molecule has 4 bridgehead atoms. The van der Waals surface area contributed by atoms with E-state index in [-0.39, 0.29) is 11.9 Å². The average Bonchev–Trinajstić information content (AvgIpc) is 3.23. The van der Waals surface area contributed by atoms with Crippen LogP contribution in [0.15, 0.2) is 18.6 Å². The molecule has 5 saturated carbocycles. The predicted octanol–water partition coefficient (Wildman–Crippen LogP) is 2.73.